The van der Waals surface area contributed by atoms with Crippen LogP contribution in [0.3, 0.4) is 0 Å². The fraction of sp³-hybridized carbons (Fsp3) is 0.167. The molecule has 0 spiro atoms. The minimum Gasteiger partial charge on any atom is -0.496 e. The molecule has 1 aromatic heterocycles. The van der Waals surface area contributed by atoms with Gasteiger partial charge in [-0.25, -0.2) is 0 Å². The first-order chi connectivity index (χ1) is 15.6. The summed E-state index contributed by atoms with van der Waals surface area (Å²) in [5, 5.41) is 7.87. The Kier molecular flexibility index (Phi) is 7.91. The van der Waals surface area contributed by atoms with Gasteiger partial charge in [0.2, 0.25) is 0 Å². The number of hydrogen-bond donors (Lipinski definition) is 3. The van der Waals surface area contributed by atoms with Crippen LogP contribution >= 0.6 is 0 Å². The SMILES string of the molecule is COc1ccccc1CNC(=O)c1ccccc1NC(=O)C(=O)NCCc1ccccn1. The van der Waals surface area contributed by atoms with Gasteiger partial charge in [-0.3, -0.25) is 19.4 Å². The maximum absolute atomic E-state index is 12.7. The monoisotopic (exact) mass is 432 g/mol. The number of ether oxygens (including phenoxy) is 1. The number of benzene rings is 2. The van der Waals surface area contributed by atoms with Gasteiger partial charge >= 0.3 is 11.8 Å². The molecule has 3 rings (SSSR count). The number of carbonyl (C=O) groups excluding carboxylic acids is 3. The third-order valence-electron chi connectivity index (χ3n) is 4.65. The van der Waals surface area contributed by atoms with E-state index in [1.165, 1.54) is 0 Å². The minimum atomic E-state index is -0.851. The first-order valence-corrected chi connectivity index (χ1v) is 10.1. The molecule has 0 saturated heterocycles. The summed E-state index contributed by atoms with van der Waals surface area (Å²) in [6.07, 6.45) is 2.17. The van der Waals surface area contributed by atoms with E-state index in [-0.39, 0.29) is 30.2 Å². The Morgan fingerprint density at radius 3 is 2.41 bits per heavy atom. The third-order valence-corrected chi connectivity index (χ3v) is 4.65. The molecule has 8 heteroatoms. The highest BCUT2D eigenvalue weighted by Gasteiger charge is 2.18. The predicted molar refractivity (Wildman–Crippen MR) is 120 cm³/mol. The zero-order valence-electron chi connectivity index (χ0n) is 17.6. The Balaban J connectivity index is 1.57. The summed E-state index contributed by atoms with van der Waals surface area (Å²) in [5.74, 6) is -1.36. The maximum Gasteiger partial charge on any atom is 0.313 e. The number of methoxy groups -OCH3 is 1. The van der Waals surface area contributed by atoms with Crippen LogP contribution in [0.5, 0.6) is 5.75 Å². The molecule has 0 bridgehead atoms. The van der Waals surface area contributed by atoms with Crippen LogP contribution in [-0.4, -0.2) is 36.4 Å². The molecule has 0 radical (unpaired) electrons. The highest BCUT2D eigenvalue weighted by Crippen LogP contribution is 2.18. The molecule has 0 unspecified atom stereocenters. The minimum absolute atomic E-state index is 0.245. The van der Waals surface area contributed by atoms with Crippen molar-refractivity contribution in [3.8, 4) is 5.75 Å². The number of carbonyl (C=O) groups is 3. The van der Waals surface area contributed by atoms with Crippen LogP contribution in [0.15, 0.2) is 72.9 Å². The average Bonchev–Trinajstić information content (AvgIpc) is 2.83. The number of nitrogens with zero attached hydrogens (tertiary/aromatic N) is 1. The summed E-state index contributed by atoms with van der Waals surface area (Å²) >= 11 is 0. The first-order valence-electron chi connectivity index (χ1n) is 10.1. The lowest BCUT2D eigenvalue weighted by atomic mass is 10.1. The van der Waals surface area contributed by atoms with Gasteiger partial charge in [-0.2, -0.15) is 0 Å². The van der Waals surface area contributed by atoms with Gasteiger partial charge in [0.15, 0.2) is 0 Å². The van der Waals surface area contributed by atoms with E-state index in [2.05, 4.69) is 20.9 Å². The van der Waals surface area contributed by atoms with Crippen LogP contribution in [0, 0.1) is 0 Å². The van der Waals surface area contributed by atoms with Gasteiger partial charge in [0.25, 0.3) is 5.91 Å². The largest absolute Gasteiger partial charge is 0.496 e. The van der Waals surface area contributed by atoms with Crippen molar-refractivity contribution in [2.75, 3.05) is 19.0 Å². The van der Waals surface area contributed by atoms with Crippen molar-refractivity contribution in [2.45, 2.75) is 13.0 Å². The van der Waals surface area contributed by atoms with Gasteiger partial charge in [0, 0.05) is 37.0 Å². The fourth-order valence-electron chi connectivity index (χ4n) is 3.02. The molecule has 3 amide bonds. The Labute approximate surface area is 186 Å². The molecule has 0 saturated carbocycles. The number of para-hydroxylation sites is 2. The van der Waals surface area contributed by atoms with Gasteiger partial charge in [-0.15, -0.1) is 0 Å². The summed E-state index contributed by atoms with van der Waals surface area (Å²) in [6, 6.07) is 19.3. The maximum atomic E-state index is 12.7. The lowest BCUT2D eigenvalue weighted by Gasteiger charge is -2.13. The summed E-state index contributed by atoms with van der Waals surface area (Å²) in [5.41, 5.74) is 2.12. The van der Waals surface area contributed by atoms with Crippen molar-refractivity contribution < 1.29 is 19.1 Å². The summed E-state index contributed by atoms with van der Waals surface area (Å²) in [7, 11) is 1.56. The van der Waals surface area contributed by atoms with E-state index >= 15 is 0 Å². The fourth-order valence-corrected chi connectivity index (χ4v) is 3.02. The Morgan fingerprint density at radius 2 is 1.62 bits per heavy atom. The summed E-state index contributed by atoms with van der Waals surface area (Å²) in [4.78, 5) is 41.3. The Hall–Kier alpha value is -4.20. The Bertz CT molecular complexity index is 1090. The van der Waals surface area contributed by atoms with Gasteiger partial charge in [0.05, 0.1) is 18.4 Å². The highest BCUT2D eigenvalue weighted by atomic mass is 16.5. The van der Waals surface area contributed by atoms with Crippen molar-refractivity contribution in [2.24, 2.45) is 0 Å². The molecule has 0 aliphatic heterocycles. The smallest absolute Gasteiger partial charge is 0.313 e. The number of pyridine rings is 1. The molecular weight excluding hydrogens is 408 g/mol. The van der Waals surface area contributed by atoms with E-state index in [1.807, 2.05) is 36.4 Å². The molecule has 3 aromatic rings. The van der Waals surface area contributed by atoms with Crippen molar-refractivity contribution in [3.63, 3.8) is 0 Å². The van der Waals surface area contributed by atoms with Crippen LogP contribution in [-0.2, 0) is 22.6 Å². The normalized spacial score (nSPS) is 10.2. The van der Waals surface area contributed by atoms with Crippen molar-refractivity contribution >= 4 is 23.4 Å². The first kappa shape index (κ1) is 22.5. The standard InChI is InChI=1S/C24H24N4O4/c1-32-21-12-5-2-8-17(21)16-27-22(29)19-10-3-4-11-20(19)28-24(31)23(30)26-15-13-18-9-6-7-14-25-18/h2-12,14H,13,15-16H2,1H3,(H,26,30)(H,27,29)(H,28,31). The second kappa shape index (κ2) is 11.3. The molecule has 3 N–H and O–H groups in total. The van der Waals surface area contributed by atoms with E-state index in [9.17, 15) is 14.4 Å². The Morgan fingerprint density at radius 1 is 0.875 bits per heavy atom. The predicted octanol–water partition coefficient (Wildman–Crippen LogP) is 2.32. The third kappa shape index (κ3) is 6.15. The molecule has 164 valence electrons. The van der Waals surface area contributed by atoms with Gasteiger partial charge in [0.1, 0.15) is 5.75 Å². The van der Waals surface area contributed by atoms with Crippen molar-refractivity contribution in [3.05, 3.63) is 89.7 Å². The van der Waals surface area contributed by atoms with Gasteiger partial charge in [-0.05, 0) is 30.3 Å². The van der Waals surface area contributed by atoms with E-state index in [0.717, 1.165) is 11.3 Å². The molecule has 8 nitrogen and oxygen atoms in total. The number of aromatic nitrogens is 1. The van der Waals surface area contributed by atoms with Crippen LogP contribution in [0.2, 0.25) is 0 Å². The van der Waals surface area contributed by atoms with Gasteiger partial charge in [-0.1, -0.05) is 36.4 Å². The molecular formula is C24H24N4O4. The number of nitrogens with one attached hydrogen (secondary N) is 3. The number of hydrogen-bond acceptors (Lipinski definition) is 5. The van der Waals surface area contributed by atoms with Crippen LogP contribution < -0.4 is 20.7 Å². The zero-order chi connectivity index (χ0) is 22.8. The molecule has 1 heterocycles. The second-order valence-corrected chi connectivity index (χ2v) is 6.82. The summed E-state index contributed by atoms with van der Waals surface area (Å²) in [6.45, 7) is 0.517. The average molecular weight is 432 g/mol. The van der Waals surface area contributed by atoms with Crippen molar-refractivity contribution in [1.29, 1.82) is 0 Å². The van der Waals surface area contributed by atoms with E-state index in [0.29, 0.717) is 12.2 Å². The van der Waals surface area contributed by atoms with E-state index in [1.54, 1.807) is 43.6 Å². The highest BCUT2D eigenvalue weighted by molar-refractivity contribution is 6.40. The lowest BCUT2D eigenvalue weighted by Crippen LogP contribution is -2.37. The van der Waals surface area contributed by atoms with Gasteiger partial charge < -0.3 is 20.7 Å². The van der Waals surface area contributed by atoms with Crippen LogP contribution in [0.4, 0.5) is 5.69 Å². The quantitative estimate of drug-likeness (QED) is 0.473. The number of rotatable bonds is 8. The zero-order valence-corrected chi connectivity index (χ0v) is 17.6. The second-order valence-electron chi connectivity index (χ2n) is 6.82. The van der Waals surface area contributed by atoms with Crippen molar-refractivity contribution in [1.82, 2.24) is 15.6 Å². The summed E-state index contributed by atoms with van der Waals surface area (Å²) < 4.78 is 5.29. The van der Waals surface area contributed by atoms with E-state index in [4.69, 9.17) is 4.74 Å². The molecule has 0 atom stereocenters. The van der Waals surface area contributed by atoms with Crippen LogP contribution in [0.1, 0.15) is 21.6 Å². The molecule has 0 fully saturated rings. The lowest BCUT2D eigenvalue weighted by molar-refractivity contribution is -0.136. The van der Waals surface area contributed by atoms with E-state index < -0.39 is 11.8 Å². The number of amides is 3. The van der Waals surface area contributed by atoms with Crippen LogP contribution in [0.25, 0.3) is 0 Å². The number of anilines is 1. The molecule has 2 aromatic carbocycles. The topological polar surface area (TPSA) is 109 Å². The molecule has 32 heavy (non-hydrogen) atoms. The molecule has 0 aliphatic carbocycles. The molecule has 0 aliphatic rings.